The number of nitrogens with one attached hydrogen (secondary N) is 2. The number of hydrogen-bond acceptors (Lipinski definition) is 6. The normalized spacial score (nSPS) is 17.4. The molecule has 3 heterocycles. The number of ether oxygens (including phenoxy) is 1. The summed E-state index contributed by atoms with van der Waals surface area (Å²) in [6.07, 6.45) is -0.794. The molecule has 4 aromatic rings. The van der Waals surface area contributed by atoms with Crippen molar-refractivity contribution >= 4 is 28.4 Å². The fraction of sp³-hybridized carbons (Fsp3) is 0.417. The van der Waals surface area contributed by atoms with E-state index < -0.39 is 11.9 Å². The average molecular weight is 683 g/mol. The third kappa shape index (κ3) is 8.51. The number of alkyl halides is 3. The highest BCUT2D eigenvalue weighted by molar-refractivity contribution is 6.31. The molecule has 2 fully saturated rings. The lowest BCUT2D eigenvalue weighted by Crippen LogP contribution is -2.59. The number of carbonyl (C=O) groups excluding carboxylic acids is 1. The molecular weight excluding hydrogens is 641 g/mol. The highest BCUT2D eigenvalue weighted by Gasteiger charge is 2.35. The van der Waals surface area contributed by atoms with Crippen LogP contribution in [0.25, 0.3) is 22.0 Å². The molecule has 1 amide bonds. The summed E-state index contributed by atoms with van der Waals surface area (Å²) in [6, 6.07) is 20.4. The topological polar surface area (TPSA) is 87.8 Å². The molecule has 8 nitrogen and oxygen atoms in total. The molecule has 0 aliphatic carbocycles. The highest BCUT2D eigenvalue weighted by atomic mass is 35.5. The molecular formula is C36H42ClF3N6O2. The van der Waals surface area contributed by atoms with Crippen molar-refractivity contribution in [2.75, 3.05) is 45.8 Å². The first kappa shape index (κ1) is 34.3. The number of piperidine rings is 1. The molecule has 0 saturated carbocycles. The molecule has 2 saturated heterocycles. The number of amides is 1. The summed E-state index contributed by atoms with van der Waals surface area (Å²) in [7, 11) is 0. The van der Waals surface area contributed by atoms with Gasteiger partial charge in [0.2, 0.25) is 5.91 Å². The van der Waals surface area contributed by atoms with E-state index in [1.807, 2.05) is 24.4 Å². The lowest BCUT2D eigenvalue weighted by atomic mass is 9.88. The van der Waals surface area contributed by atoms with Crippen molar-refractivity contribution in [2.45, 2.75) is 50.8 Å². The first-order chi connectivity index (χ1) is 23.1. The van der Waals surface area contributed by atoms with Gasteiger partial charge in [0.1, 0.15) is 5.75 Å². The molecule has 2 aliphatic rings. The average Bonchev–Trinajstić information content (AvgIpc) is 3.42. The van der Waals surface area contributed by atoms with Crippen LogP contribution in [-0.2, 0) is 24.4 Å². The fourth-order valence-corrected chi connectivity index (χ4v) is 6.85. The summed E-state index contributed by atoms with van der Waals surface area (Å²) in [5.41, 5.74) is 10.6. The third-order valence-corrected chi connectivity index (χ3v) is 9.75. The second kappa shape index (κ2) is 14.9. The summed E-state index contributed by atoms with van der Waals surface area (Å²) in [5.74, 6) is -0.371. The van der Waals surface area contributed by atoms with Crippen molar-refractivity contribution in [1.29, 1.82) is 0 Å². The molecule has 256 valence electrons. The Morgan fingerprint density at radius 3 is 2.33 bits per heavy atom. The predicted octanol–water partition coefficient (Wildman–Crippen LogP) is 5.77. The highest BCUT2D eigenvalue weighted by Crippen LogP contribution is 2.34. The van der Waals surface area contributed by atoms with Crippen molar-refractivity contribution < 1.29 is 22.7 Å². The minimum Gasteiger partial charge on any atom is -0.406 e. The molecule has 1 aromatic heterocycles. The van der Waals surface area contributed by atoms with Gasteiger partial charge in [-0.15, -0.1) is 13.2 Å². The largest absolute Gasteiger partial charge is 0.573 e. The maximum Gasteiger partial charge on any atom is 0.573 e. The fourth-order valence-electron chi connectivity index (χ4n) is 6.65. The number of aryl methyl sites for hydroxylation is 1. The lowest BCUT2D eigenvalue weighted by molar-refractivity contribution is -0.274. The molecule has 0 spiro atoms. The number of hydrogen-bond donors (Lipinski definition) is 3. The van der Waals surface area contributed by atoms with Gasteiger partial charge in [-0.05, 0) is 79.4 Å². The van der Waals surface area contributed by atoms with Crippen LogP contribution >= 0.6 is 11.6 Å². The number of nitrogens with two attached hydrogens (primary N) is 1. The standard InChI is InChI=1S/C36H42ClF3N6O2/c37-32-5-2-1-4-28(32)24-45-20-18-44(19-21-45)23-26-6-11-33-30(22-26)31(27-7-9-29(10-8-27)48-36(38,39)40)25-46(33)17-3-14-43-34(47)35(41)12-15-42-16-13-35/h1-2,4-11,22,25,42H,3,12-21,23-24,41H2,(H,43,47). The molecule has 0 unspecified atom stereocenters. The van der Waals surface area contributed by atoms with E-state index in [2.05, 4.69) is 54.0 Å². The maximum absolute atomic E-state index is 12.8. The van der Waals surface area contributed by atoms with Crippen molar-refractivity contribution in [3.05, 3.63) is 89.1 Å². The summed E-state index contributed by atoms with van der Waals surface area (Å²) in [5, 5.41) is 8.08. The number of carbonyl (C=O) groups is 1. The van der Waals surface area contributed by atoms with Crippen molar-refractivity contribution in [3.63, 3.8) is 0 Å². The molecule has 12 heteroatoms. The van der Waals surface area contributed by atoms with Crippen LogP contribution in [0.1, 0.15) is 30.4 Å². The number of rotatable bonds is 11. The Bertz CT molecular complexity index is 1700. The number of benzene rings is 3. The molecule has 3 aromatic carbocycles. The van der Waals surface area contributed by atoms with Gasteiger partial charge in [-0.25, -0.2) is 0 Å². The molecule has 2 aliphatic heterocycles. The monoisotopic (exact) mass is 682 g/mol. The predicted molar refractivity (Wildman–Crippen MR) is 183 cm³/mol. The quantitative estimate of drug-likeness (QED) is 0.174. The Morgan fingerprint density at radius 1 is 0.958 bits per heavy atom. The number of piperazine rings is 1. The van der Waals surface area contributed by atoms with Crippen molar-refractivity contribution in [2.24, 2.45) is 5.73 Å². The Kier molecular flexibility index (Phi) is 10.6. The Hall–Kier alpha value is -3.61. The minimum absolute atomic E-state index is 0.113. The third-order valence-electron chi connectivity index (χ3n) is 9.38. The van der Waals surface area contributed by atoms with Crippen LogP contribution in [0.3, 0.4) is 0 Å². The van der Waals surface area contributed by atoms with Gasteiger partial charge in [-0.1, -0.05) is 48.0 Å². The summed E-state index contributed by atoms with van der Waals surface area (Å²) in [6.45, 7) is 7.98. The van der Waals surface area contributed by atoms with Gasteiger partial charge in [0.15, 0.2) is 0 Å². The van der Waals surface area contributed by atoms with Gasteiger partial charge in [-0.2, -0.15) is 0 Å². The van der Waals surface area contributed by atoms with Crippen LogP contribution in [0.15, 0.2) is 72.9 Å². The van der Waals surface area contributed by atoms with E-state index in [-0.39, 0.29) is 11.7 Å². The van der Waals surface area contributed by atoms with E-state index in [1.54, 1.807) is 12.1 Å². The maximum atomic E-state index is 12.8. The van der Waals surface area contributed by atoms with E-state index in [4.69, 9.17) is 17.3 Å². The summed E-state index contributed by atoms with van der Waals surface area (Å²) >= 11 is 6.39. The molecule has 0 atom stereocenters. The van der Waals surface area contributed by atoms with Gasteiger partial charge in [0.05, 0.1) is 5.54 Å². The van der Waals surface area contributed by atoms with Crippen molar-refractivity contribution in [1.82, 2.24) is 25.0 Å². The Labute approximate surface area is 284 Å². The number of fused-ring (bicyclic) bond motifs is 1. The molecule has 4 N–H and O–H groups in total. The van der Waals surface area contributed by atoms with Crippen LogP contribution in [0.5, 0.6) is 5.75 Å². The van der Waals surface area contributed by atoms with Gasteiger partial charge in [0.25, 0.3) is 0 Å². The van der Waals surface area contributed by atoms with Crippen LogP contribution in [0.2, 0.25) is 5.02 Å². The van der Waals surface area contributed by atoms with E-state index in [0.29, 0.717) is 32.4 Å². The first-order valence-electron chi connectivity index (χ1n) is 16.5. The van der Waals surface area contributed by atoms with E-state index in [0.717, 1.165) is 85.0 Å². The first-order valence-corrected chi connectivity index (χ1v) is 16.9. The molecule has 0 bridgehead atoms. The van der Waals surface area contributed by atoms with Crippen molar-refractivity contribution in [3.8, 4) is 16.9 Å². The second-order valence-corrected chi connectivity index (χ2v) is 13.2. The van der Waals surface area contributed by atoms with E-state index in [1.165, 1.54) is 17.7 Å². The Morgan fingerprint density at radius 2 is 1.65 bits per heavy atom. The van der Waals surface area contributed by atoms with Gasteiger partial charge >= 0.3 is 6.36 Å². The van der Waals surface area contributed by atoms with Gasteiger partial charge < -0.3 is 25.7 Å². The number of nitrogens with zero attached hydrogens (tertiary/aromatic N) is 3. The molecule has 0 radical (unpaired) electrons. The smallest absolute Gasteiger partial charge is 0.406 e. The summed E-state index contributed by atoms with van der Waals surface area (Å²) in [4.78, 5) is 17.7. The number of aromatic nitrogens is 1. The van der Waals surface area contributed by atoms with Crippen LogP contribution in [0, 0.1) is 0 Å². The zero-order valence-corrected chi connectivity index (χ0v) is 27.6. The van der Waals surface area contributed by atoms with Gasteiger partial charge in [0, 0.05) is 80.0 Å². The Balaban J connectivity index is 1.15. The van der Waals surface area contributed by atoms with Crippen LogP contribution < -0.4 is 21.1 Å². The zero-order chi connectivity index (χ0) is 33.7. The lowest BCUT2D eigenvalue weighted by Gasteiger charge is -2.35. The van der Waals surface area contributed by atoms with Gasteiger partial charge in [-0.3, -0.25) is 14.6 Å². The second-order valence-electron chi connectivity index (χ2n) is 12.8. The number of halogens is 4. The van der Waals surface area contributed by atoms with Crippen LogP contribution in [0.4, 0.5) is 13.2 Å². The minimum atomic E-state index is -4.75. The molecule has 48 heavy (non-hydrogen) atoms. The zero-order valence-electron chi connectivity index (χ0n) is 26.9. The summed E-state index contributed by atoms with van der Waals surface area (Å²) < 4.78 is 44.7. The van der Waals surface area contributed by atoms with Crippen LogP contribution in [-0.4, -0.2) is 78.0 Å². The van der Waals surface area contributed by atoms with E-state index in [9.17, 15) is 18.0 Å². The molecule has 6 rings (SSSR count). The SMILES string of the molecule is NC1(C(=O)NCCCn2cc(-c3ccc(OC(F)(F)F)cc3)c3cc(CN4CCN(Cc5ccccc5Cl)CC4)ccc32)CCNCC1. The van der Waals surface area contributed by atoms with E-state index >= 15 is 0 Å².